The van der Waals surface area contributed by atoms with Gasteiger partial charge in [0.25, 0.3) is 5.91 Å². The van der Waals surface area contributed by atoms with Gasteiger partial charge in [-0.3, -0.25) is 9.89 Å². The van der Waals surface area contributed by atoms with Gasteiger partial charge >= 0.3 is 0 Å². The maximum atomic E-state index is 12.0. The van der Waals surface area contributed by atoms with Gasteiger partial charge in [0.15, 0.2) is 0 Å². The van der Waals surface area contributed by atoms with Crippen molar-refractivity contribution >= 4 is 5.91 Å². The highest BCUT2D eigenvalue weighted by molar-refractivity contribution is 5.92. The highest BCUT2D eigenvalue weighted by Gasteiger charge is 2.13. The van der Waals surface area contributed by atoms with E-state index >= 15 is 0 Å². The lowest BCUT2D eigenvalue weighted by atomic mass is 10.1. The number of phenolic OH excluding ortho intramolecular Hbond substituents is 1. The highest BCUT2D eigenvalue weighted by Crippen LogP contribution is 2.11. The Morgan fingerprint density at radius 1 is 1.40 bits per heavy atom. The van der Waals surface area contributed by atoms with Crippen LogP contribution in [0.4, 0.5) is 0 Å². The fourth-order valence-corrected chi connectivity index (χ4v) is 1.99. The van der Waals surface area contributed by atoms with E-state index in [9.17, 15) is 9.90 Å². The zero-order chi connectivity index (χ0) is 14.5. The molecule has 1 unspecified atom stereocenters. The van der Waals surface area contributed by atoms with E-state index in [0.717, 1.165) is 17.7 Å². The van der Waals surface area contributed by atoms with Crippen LogP contribution in [0.2, 0.25) is 0 Å². The number of H-pyrrole nitrogens is 1. The number of carbonyl (C=O) groups is 1. The summed E-state index contributed by atoms with van der Waals surface area (Å²) in [6.07, 6.45) is 1.53. The van der Waals surface area contributed by atoms with E-state index < -0.39 is 0 Å². The molecule has 20 heavy (non-hydrogen) atoms. The topological polar surface area (TPSA) is 78.0 Å². The molecule has 1 atom stereocenters. The average Bonchev–Trinajstić information content (AvgIpc) is 2.90. The number of hydrogen-bond donors (Lipinski definition) is 3. The number of amides is 1. The van der Waals surface area contributed by atoms with Crippen LogP contribution in [0.1, 0.15) is 35.6 Å². The van der Waals surface area contributed by atoms with Gasteiger partial charge in [-0.05, 0) is 43.5 Å². The number of benzene rings is 1. The Labute approximate surface area is 118 Å². The molecule has 1 aromatic carbocycles. The predicted molar refractivity (Wildman–Crippen MR) is 76.7 cm³/mol. The van der Waals surface area contributed by atoms with Crippen molar-refractivity contribution in [1.29, 1.82) is 0 Å². The number of aromatic nitrogens is 2. The number of aryl methyl sites for hydroxylation is 1. The van der Waals surface area contributed by atoms with Crippen LogP contribution < -0.4 is 5.32 Å². The lowest BCUT2D eigenvalue weighted by molar-refractivity contribution is 0.0935. The van der Waals surface area contributed by atoms with E-state index in [4.69, 9.17) is 0 Å². The van der Waals surface area contributed by atoms with Crippen molar-refractivity contribution in [3.05, 3.63) is 47.3 Å². The smallest absolute Gasteiger partial charge is 0.271 e. The second kappa shape index (κ2) is 6.23. The van der Waals surface area contributed by atoms with Gasteiger partial charge in [-0.2, -0.15) is 5.10 Å². The molecule has 5 nitrogen and oxygen atoms in total. The molecule has 0 aliphatic heterocycles. The summed E-state index contributed by atoms with van der Waals surface area (Å²) in [5.74, 6) is 0.0706. The van der Waals surface area contributed by atoms with Crippen LogP contribution in [-0.4, -0.2) is 27.3 Å². The number of hydrogen-bond acceptors (Lipinski definition) is 3. The summed E-state index contributed by atoms with van der Waals surface area (Å²) in [5.41, 5.74) is 2.42. The number of rotatable bonds is 5. The SMILES string of the molecule is CCc1cc(C(=O)NC(C)Cc2ccc(O)cc2)n[nH]1. The van der Waals surface area contributed by atoms with Crippen molar-refractivity contribution in [3.63, 3.8) is 0 Å². The van der Waals surface area contributed by atoms with E-state index in [1.807, 2.05) is 26.0 Å². The first-order valence-electron chi connectivity index (χ1n) is 6.71. The number of carbonyl (C=O) groups excluding carboxylic acids is 1. The molecule has 0 fully saturated rings. The van der Waals surface area contributed by atoms with Crippen molar-refractivity contribution in [2.24, 2.45) is 0 Å². The molecule has 2 rings (SSSR count). The third-order valence-electron chi connectivity index (χ3n) is 3.10. The van der Waals surface area contributed by atoms with Crippen molar-refractivity contribution in [3.8, 4) is 5.75 Å². The summed E-state index contributed by atoms with van der Waals surface area (Å²) in [4.78, 5) is 12.0. The molecule has 0 aliphatic rings. The minimum absolute atomic E-state index is 0.00572. The lowest BCUT2D eigenvalue weighted by Crippen LogP contribution is -2.34. The summed E-state index contributed by atoms with van der Waals surface area (Å²) in [6, 6.07) is 8.75. The minimum atomic E-state index is -0.174. The first-order valence-corrected chi connectivity index (χ1v) is 6.71. The molecule has 1 aromatic heterocycles. The molecule has 0 bridgehead atoms. The van der Waals surface area contributed by atoms with Crippen molar-refractivity contribution < 1.29 is 9.90 Å². The molecule has 1 heterocycles. The van der Waals surface area contributed by atoms with Gasteiger partial charge in [0.1, 0.15) is 11.4 Å². The van der Waals surface area contributed by atoms with Gasteiger partial charge in [-0.25, -0.2) is 0 Å². The quantitative estimate of drug-likeness (QED) is 0.780. The van der Waals surface area contributed by atoms with Crippen LogP contribution in [0.5, 0.6) is 5.75 Å². The number of nitrogens with one attached hydrogen (secondary N) is 2. The molecule has 0 aliphatic carbocycles. The summed E-state index contributed by atoms with van der Waals surface area (Å²) < 4.78 is 0. The third-order valence-corrected chi connectivity index (χ3v) is 3.10. The molecule has 3 N–H and O–H groups in total. The maximum absolute atomic E-state index is 12.0. The molecule has 5 heteroatoms. The summed E-state index contributed by atoms with van der Waals surface area (Å²) in [6.45, 7) is 3.95. The van der Waals surface area contributed by atoms with E-state index in [-0.39, 0.29) is 17.7 Å². The Hall–Kier alpha value is -2.30. The number of aromatic hydroxyl groups is 1. The van der Waals surface area contributed by atoms with Gasteiger partial charge in [0.2, 0.25) is 0 Å². The van der Waals surface area contributed by atoms with Crippen LogP contribution in [0.25, 0.3) is 0 Å². The second-order valence-electron chi connectivity index (χ2n) is 4.88. The normalized spacial score (nSPS) is 12.1. The van der Waals surface area contributed by atoms with Crippen LogP contribution >= 0.6 is 0 Å². The van der Waals surface area contributed by atoms with Gasteiger partial charge < -0.3 is 10.4 Å². The Balaban J connectivity index is 1.92. The van der Waals surface area contributed by atoms with E-state index in [2.05, 4.69) is 15.5 Å². The van der Waals surface area contributed by atoms with Crippen LogP contribution in [0.3, 0.4) is 0 Å². The maximum Gasteiger partial charge on any atom is 0.271 e. The molecular formula is C15H19N3O2. The molecule has 1 amide bonds. The van der Waals surface area contributed by atoms with Gasteiger partial charge in [-0.15, -0.1) is 0 Å². The van der Waals surface area contributed by atoms with Crippen molar-refractivity contribution in [1.82, 2.24) is 15.5 Å². The van der Waals surface area contributed by atoms with Gasteiger partial charge in [0, 0.05) is 11.7 Å². The molecule has 0 radical (unpaired) electrons. The molecule has 0 spiro atoms. The van der Waals surface area contributed by atoms with E-state index in [1.165, 1.54) is 0 Å². The van der Waals surface area contributed by atoms with E-state index in [0.29, 0.717) is 12.1 Å². The Morgan fingerprint density at radius 2 is 2.10 bits per heavy atom. The Bertz CT molecular complexity index is 575. The minimum Gasteiger partial charge on any atom is -0.508 e. The van der Waals surface area contributed by atoms with Gasteiger partial charge in [-0.1, -0.05) is 19.1 Å². The summed E-state index contributed by atoms with van der Waals surface area (Å²) in [7, 11) is 0. The standard InChI is InChI=1S/C15H19N3O2/c1-3-12-9-14(18-17-12)15(20)16-10(2)8-11-4-6-13(19)7-5-11/h4-7,9-10,19H,3,8H2,1-2H3,(H,16,20)(H,17,18). The predicted octanol–water partition coefficient (Wildman–Crippen LogP) is 2.04. The monoisotopic (exact) mass is 273 g/mol. The molecule has 2 aromatic rings. The van der Waals surface area contributed by atoms with Gasteiger partial charge in [0.05, 0.1) is 0 Å². The zero-order valence-electron chi connectivity index (χ0n) is 11.7. The van der Waals surface area contributed by atoms with Crippen LogP contribution in [-0.2, 0) is 12.8 Å². The first kappa shape index (κ1) is 14.1. The molecule has 0 saturated heterocycles. The fourth-order valence-electron chi connectivity index (χ4n) is 1.99. The summed E-state index contributed by atoms with van der Waals surface area (Å²) in [5, 5.41) is 19.0. The Kier molecular flexibility index (Phi) is 4.40. The zero-order valence-corrected chi connectivity index (χ0v) is 11.7. The first-order chi connectivity index (χ1) is 9.58. The van der Waals surface area contributed by atoms with Crippen LogP contribution in [0, 0.1) is 0 Å². The number of aromatic amines is 1. The third kappa shape index (κ3) is 3.60. The molecular weight excluding hydrogens is 254 g/mol. The Morgan fingerprint density at radius 3 is 2.70 bits per heavy atom. The fraction of sp³-hybridized carbons (Fsp3) is 0.333. The van der Waals surface area contributed by atoms with E-state index in [1.54, 1.807) is 18.2 Å². The highest BCUT2D eigenvalue weighted by atomic mass is 16.3. The number of phenols is 1. The average molecular weight is 273 g/mol. The van der Waals surface area contributed by atoms with Crippen molar-refractivity contribution in [2.75, 3.05) is 0 Å². The molecule has 0 saturated carbocycles. The largest absolute Gasteiger partial charge is 0.508 e. The van der Waals surface area contributed by atoms with Crippen LogP contribution in [0.15, 0.2) is 30.3 Å². The van der Waals surface area contributed by atoms with Crippen molar-refractivity contribution in [2.45, 2.75) is 32.7 Å². The lowest BCUT2D eigenvalue weighted by Gasteiger charge is -2.13. The second-order valence-corrected chi connectivity index (χ2v) is 4.88. The molecule has 106 valence electrons. The summed E-state index contributed by atoms with van der Waals surface area (Å²) >= 11 is 0. The number of nitrogens with zero attached hydrogens (tertiary/aromatic N) is 1.